The molecule has 0 saturated heterocycles. The number of rotatable bonds is 8. The first kappa shape index (κ1) is 23.5. The molecule has 0 unspecified atom stereocenters. The first-order chi connectivity index (χ1) is 16.5. The van der Waals surface area contributed by atoms with Crippen molar-refractivity contribution in [2.75, 3.05) is 25.3 Å². The molecule has 1 heterocycles. The SMILES string of the molecule is CCOc1cc2occ(-c3ccccc3OC)c2cc1/C(C)=C/C(=O)Nc1ccccc1SC. The Kier molecular flexibility index (Phi) is 7.28. The van der Waals surface area contributed by atoms with E-state index < -0.39 is 0 Å². The van der Waals surface area contributed by atoms with Gasteiger partial charge in [0, 0.05) is 39.1 Å². The van der Waals surface area contributed by atoms with Crippen molar-refractivity contribution in [2.45, 2.75) is 18.7 Å². The largest absolute Gasteiger partial charge is 0.496 e. The maximum Gasteiger partial charge on any atom is 0.248 e. The molecule has 5 nitrogen and oxygen atoms in total. The van der Waals surface area contributed by atoms with Crippen molar-refractivity contribution in [3.63, 3.8) is 0 Å². The summed E-state index contributed by atoms with van der Waals surface area (Å²) in [5.41, 5.74) is 4.98. The average molecular weight is 474 g/mol. The molecule has 4 aromatic rings. The summed E-state index contributed by atoms with van der Waals surface area (Å²) in [4.78, 5) is 13.9. The lowest BCUT2D eigenvalue weighted by atomic mass is 9.98. The van der Waals surface area contributed by atoms with Crippen LogP contribution in [0.2, 0.25) is 0 Å². The number of allylic oxidation sites excluding steroid dienone is 1. The number of anilines is 1. The number of fused-ring (bicyclic) bond motifs is 1. The van der Waals surface area contributed by atoms with E-state index in [1.165, 1.54) is 0 Å². The van der Waals surface area contributed by atoms with Gasteiger partial charge < -0.3 is 19.2 Å². The number of thioether (sulfide) groups is 1. The molecule has 6 heteroatoms. The molecule has 0 fully saturated rings. The highest BCUT2D eigenvalue weighted by atomic mass is 32.2. The summed E-state index contributed by atoms with van der Waals surface area (Å²) >= 11 is 1.59. The molecule has 0 aliphatic heterocycles. The highest BCUT2D eigenvalue weighted by molar-refractivity contribution is 7.98. The number of ether oxygens (including phenoxy) is 2. The third kappa shape index (κ3) is 4.82. The highest BCUT2D eigenvalue weighted by Gasteiger charge is 2.17. The van der Waals surface area contributed by atoms with E-state index >= 15 is 0 Å². The number of nitrogens with one attached hydrogen (secondary N) is 1. The second kappa shape index (κ2) is 10.5. The van der Waals surface area contributed by atoms with Crippen molar-refractivity contribution in [1.82, 2.24) is 0 Å². The van der Waals surface area contributed by atoms with Crippen LogP contribution in [0.1, 0.15) is 19.4 Å². The van der Waals surface area contributed by atoms with E-state index in [4.69, 9.17) is 13.9 Å². The van der Waals surface area contributed by atoms with E-state index in [1.54, 1.807) is 31.2 Å². The number of carbonyl (C=O) groups excluding carboxylic acids is 1. The number of hydrogen-bond donors (Lipinski definition) is 1. The van der Waals surface area contributed by atoms with Gasteiger partial charge in [0.1, 0.15) is 17.1 Å². The van der Waals surface area contributed by atoms with Gasteiger partial charge in [0.25, 0.3) is 0 Å². The Bertz CT molecular complexity index is 1360. The van der Waals surface area contributed by atoms with E-state index in [2.05, 4.69) is 5.32 Å². The standard InChI is InChI=1S/C28H27NO4S/c1-5-32-25-16-26-21(22(17-33-26)19-10-6-8-12-24(19)31-3)15-20(25)18(2)14-28(30)29-23-11-7-9-13-27(23)34-4/h6-17H,5H2,1-4H3,(H,29,30)/b18-14+. The zero-order valence-corrected chi connectivity index (χ0v) is 20.5. The summed E-state index contributed by atoms with van der Waals surface area (Å²) in [6.07, 6.45) is 5.32. The van der Waals surface area contributed by atoms with Crippen LogP contribution in [0.3, 0.4) is 0 Å². The van der Waals surface area contributed by atoms with E-state index in [-0.39, 0.29) is 5.91 Å². The highest BCUT2D eigenvalue weighted by Crippen LogP contribution is 2.40. The van der Waals surface area contributed by atoms with Gasteiger partial charge in [0.15, 0.2) is 0 Å². The maximum atomic E-state index is 12.8. The zero-order valence-electron chi connectivity index (χ0n) is 19.7. The van der Waals surface area contributed by atoms with Crippen LogP contribution in [0.25, 0.3) is 27.7 Å². The molecule has 0 atom stereocenters. The molecule has 0 bridgehead atoms. The minimum atomic E-state index is -0.196. The molecule has 1 aromatic heterocycles. The number of methoxy groups -OCH3 is 1. The van der Waals surface area contributed by atoms with Crippen LogP contribution in [0.15, 0.2) is 82.3 Å². The first-order valence-electron chi connectivity index (χ1n) is 11.0. The smallest absolute Gasteiger partial charge is 0.248 e. The monoisotopic (exact) mass is 473 g/mol. The molecule has 3 aromatic carbocycles. The second-order valence-electron chi connectivity index (χ2n) is 7.64. The van der Waals surface area contributed by atoms with Gasteiger partial charge in [0.2, 0.25) is 5.91 Å². The number of amides is 1. The number of benzene rings is 3. The quantitative estimate of drug-likeness (QED) is 0.215. The zero-order chi connectivity index (χ0) is 24.1. The lowest BCUT2D eigenvalue weighted by molar-refractivity contribution is -0.111. The Hall–Kier alpha value is -3.64. The number of furan rings is 1. The Morgan fingerprint density at radius 1 is 1.06 bits per heavy atom. The minimum absolute atomic E-state index is 0.196. The van der Waals surface area contributed by atoms with E-state index in [9.17, 15) is 4.79 Å². The fourth-order valence-electron chi connectivity index (χ4n) is 3.90. The van der Waals surface area contributed by atoms with Crippen LogP contribution >= 0.6 is 11.8 Å². The van der Waals surface area contributed by atoms with E-state index in [0.29, 0.717) is 17.9 Å². The number of para-hydroxylation sites is 2. The maximum absolute atomic E-state index is 12.8. The van der Waals surface area contributed by atoms with Crippen molar-refractivity contribution in [2.24, 2.45) is 0 Å². The van der Waals surface area contributed by atoms with Crippen LogP contribution in [-0.2, 0) is 4.79 Å². The van der Waals surface area contributed by atoms with Gasteiger partial charge in [-0.05, 0) is 49.9 Å². The van der Waals surface area contributed by atoms with Gasteiger partial charge >= 0.3 is 0 Å². The second-order valence-corrected chi connectivity index (χ2v) is 8.49. The molecule has 0 aliphatic rings. The number of carbonyl (C=O) groups is 1. The van der Waals surface area contributed by atoms with Crippen molar-refractivity contribution >= 4 is 39.9 Å². The Balaban J connectivity index is 1.75. The topological polar surface area (TPSA) is 60.7 Å². The summed E-state index contributed by atoms with van der Waals surface area (Å²) in [6.45, 7) is 4.34. The Morgan fingerprint density at radius 3 is 2.59 bits per heavy atom. The molecule has 174 valence electrons. The van der Waals surface area contributed by atoms with Gasteiger partial charge in [0.05, 0.1) is 25.7 Å². The third-order valence-electron chi connectivity index (χ3n) is 5.51. The van der Waals surface area contributed by atoms with Crippen LogP contribution in [0, 0.1) is 0 Å². The fourth-order valence-corrected chi connectivity index (χ4v) is 4.46. The molecule has 0 spiro atoms. The molecule has 0 aliphatic carbocycles. The molecule has 1 N–H and O–H groups in total. The molecule has 34 heavy (non-hydrogen) atoms. The minimum Gasteiger partial charge on any atom is -0.496 e. The van der Waals surface area contributed by atoms with Gasteiger partial charge in [-0.2, -0.15) is 0 Å². The van der Waals surface area contributed by atoms with Crippen LogP contribution in [0.4, 0.5) is 5.69 Å². The molecular formula is C28H27NO4S. The third-order valence-corrected chi connectivity index (χ3v) is 6.31. The predicted molar refractivity (Wildman–Crippen MR) is 140 cm³/mol. The first-order valence-corrected chi connectivity index (χ1v) is 12.2. The van der Waals surface area contributed by atoms with E-state index in [0.717, 1.165) is 44.0 Å². The average Bonchev–Trinajstić information content (AvgIpc) is 3.26. The van der Waals surface area contributed by atoms with E-state index in [1.807, 2.05) is 80.8 Å². The summed E-state index contributed by atoms with van der Waals surface area (Å²) < 4.78 is 17.3. The summed E-state index contributed by atoms with van der Waals surface area (Å²) in [5.74, 6) is 1.24. The van der Waals surface area contributed by atoms with Crippen molar-refractivity contribution < 1.29 is 18.7 Å². The molecule has 1 amide bonds. The lowest BCUT2D eigenvalue weighted by Crippen LogP contribution is -2.09. The fraction of sp³-hybridized carbons (Fsp3) is 0.179. The van der Waals surface area contributed by atoms with Crippen molar-refractivity contribution in [3.05, 3.63) is 78.6 Å². The van der Waals surface area contributed by atoms with Gasteiger partial charge in [-0.15, -0.1) is 11.8 Å². The lowest BCUT2D eigenvalue weighted by Gasteiger charge is -2.13. The van der Waals surface area contributed by atoms with Crippen molar-refractivity contribution in [3.8, 4) is 22.6 Å². The van der Waals surface area contributed by atoms with Crippen molar-refractivity contribution in [1.29, 1.82) is 0 Å². The molecular weight excluding hydrogens is 446 g/mol. The van der Waals surface area contributed by atoms with Crippen LogP contribution < -0.4 is 14.8 Å². The predicted octanol–water partition coefficient (Wildman–Crippen LogP) is 7.27. The van der Waals surface area contributed by atoms with Gasteiger partial charge in [-0.25, -0.2) is 0 Å². The van der Waals surface area contributed by atoms with Crippen LogP contribution in [0.5, 0.6) is 11.5 Å². The summed E-state index contributed by atoms with van der Waals surface area (Å²) in [7, 11) is 1.65. The number of hydrogen-bond acceptors (Lipinski definition) is 5. The normalized spacial score (nSPS) is 11.5. The molecule has 4 rings (SSSR count). The van der Waals surface area contributed by atoms with Gasteiger partial charge in [-0.3, -0.25) is 4.79 Å². The summed E-state index contributed by atoms with van der Waals surface area (Å²) in [6, 6.07) is 19.5. The Labute approximate surface area is 203 Å². The summed E-state index contributed by atoms with van der Waals surface area (Å²) in [5, 5.41) is 3.91. The molecule has 0 saturated carbocycles. The van der Waals surface area contributed by atoms with Crippen LogP contribution in [-0.4, -0.2) is 25.9 Å². The molecule has 0 radical (unpaired) electrons. The van der Waals surface area contributed by atoms with Gasteiger partial charge in [-0.1, -0.05) is 30.3 Å². The Morgan fingerprint density at radius 2 is 1.82 bits per heavy atom.